The summed E-state index contributed by atoms with van der Waals surface area (Å²) >= 11 is 0. The average Bonchev–Trinajstić information content (AvgIpc) is 2.06. The van der Waals surface area contributed by atoms with Crippen molar-refractivity contribution in [3.8, 4) is 0 Å². The van der Waals surface area contributed by atoms with Crippen LogP contribution in [-0.4, -0.2) is 17.5 Å². The summed E-state index contributed by atoms with van der Waals surface area (Å²) in [4.78, 5) is 12.0. The first-order chi connectivity index (χ1) is 6.81. The number of carbonyl (C=O) groups excluding carboxylic acids is 1. The molecule has 0 aromatic heterocycles. The van der Waals surface area contributed by atoms with Gasteiger partial charge in [-0.05, 0) is 39.5 Å². The Kier molecular flexibility index (Phi) is 3.77. The highest BCUT2D eigenvalue weighted by Gasteiger charge is 2.33. The van der Waals surface area contributed by atoms with Crippen LogP contribution in [0.2, 0.25) is 0 Å². The van der Waals surface area contributed by atoms with Gasteiger partial charge in [-0.1, -0.05) is 13.3 Å². The van der Waals surface area contributed by atoms with Crippen LogP contribution >= 0.6 is 0 Å². The van der Waals surface area contributed by atoms with E-state index in [-0.39, 0.29) is 23.4 Å². The molecule has 3 heteroatoms. The SMILES string of the molecule is CC1C(N)CCCC1C(=O)NC(C)(C)C. The third-order valence-corrected chi connectivity index (χ3v) is 3.20. The van der Waals surface area contributed by atoms with Crippen LogP contribution in [0, 0.1) is 11.8 Å². The second-order valence-electron chi connectivity index (χ2n) is 5.80. The van der Waals surface area contributed by atoms with Crippen molar-refractivity contribution < 1.29 is 4.79 Å². The van der Waals surface area contributed by atoms with E-state index in [1.54, 1.807) is 0 Å². The minimum Gasteiger partial charge on any atom is -0.351 e. The maximum atomic E-state index is 12.0. The predicted molar refractivity (Wildman–Crippen MR) is 62.4 cm³/mol. The number of amides is 1. The largest absolute Gasteiger partial charge is 0.351 e. The lowest BCUT2D eigenvalue weighted by molar-refractivity contribution is -0.129. The molecular weight excluding hydrogens is 188 g/mol. The van der Waals surface area contributed by atoms with Gasteiger partial charge in [0.1, 0.15) is 0 Å². The van der Waals surface area contributed by atoms with Crippen molar-refractivity contribution in [2.75, 3.05) is 0 Å². The lowest BCUT2D eigenvalue weighted by atomic mass is 9.76. The van der Waals surface area contributed by atoms with Gasteiger partial charge >= 0.3 is 0 Å². The molecule has 3 N–H and O–H groups in total. The van der Waals surface area contributed by atoms with Crippen LogP contribution in [0.15, 0.2) is 0 Å². The summed E-state index contributed by atoms with van der Waals surface area (Å²) in [6.45, 7) is 8.13. The van der Waals surface area contributed by atoms with Crippen LogP contribution in [0.25, 0.3) is 0 Å². The molecule has 0 radical (unpaired) electrons. The number of hydrogen-bond donors (Lipinski definition) is 2. The van der Waals surface area contributed by atoms with E-state index in [9.17, 15) is 4.79 Å². The molecule has 0 heterocycles. The van der Waals surface area contributed by atoms with Crippen LogP contribution in [0.1, 0.15) is 47.0 Å². The van der Waals surface area contributed by atoms with Gasteiger partial charge in [0, 0.05) is 17.5 Å². The molecule has 1 aliphatic rings. The van der Waals surface area contributed by atoms with E-state index >= 15 is 0 Å². The highest BCUT2D eigenvalue weighted by molar-refractivity contribution is 5.79. The zero-order valence-electron chi connectivity index (χ0n) is 10.3. The first-order valence-corrected chi connectivity index (χ1v) is 5.89. The molecule has 3 nitrogen and oxygen atoms in total. The molecule has 1 saturated carbocycles. The zero-order chi connectivity index (χ0) is 11.6. The van der Waals surface area contributed by atoms with Crippen LogP contribution in [0.4, 0.5) is 0 Å². The van der Waals surface area contributed by atoms with Gasteiger partial charge in [-0.15, -0.1) is 0 Å². The van der Waals surface area contributed by atoms with Crippen molar-refractivity contribution in [2.24, 2.45) is 17.6 Å². The van der Waals surface area contributed by atoms with Gasteiger partial charge in [0.05, 0.1) is 0 Å². The smallest absolute Gasteiger partial charge is 0.223 e. The Balaban J connectivity index is 2.59. The van der Waals surface area contributed by atoms with E-state index in [4.69, 9.17) is 5.73 Å². The Bertz CT molecular complexity index is 232. The van der Waals surface area contributed by atoms with E-state index in [1.807, 2.05) is 20.8 Å². The molecule has 0 saturated heterocycles. The maximum Gasteiger partial charge on any atom is 0.223 e. The first-order valence-electron chi connectivity index (χ1n) is 5.89. The van der Waals surface area contributed by atoms with Crippen molar-refractivity contribution >= 4 is 5.91 Å². The fourth-order valence-electron chi connectivity index (χ4n) is 2.23. The third kappa shape index (κ3) is 3.49. The number of nitrogens with one attached hydrogen (secondary N) is 1. The van der Waals surface area contributed by atoms with Crippen molar-refractivity contribution in [2.45, 2.75) is 58.5 Å². The Morgan fingerprint density at radius 2 is 1.93 bits per heavy atom. The maximum absolute atomic E-state index is 12.0. The van der Waals surface area contributed by atoms with Gasteiger partial charge in [-0.3, -0.25) is 4.79 Å². The molecule has 88 valence electrons. The van der Waals surface area contributed by atoms with Crippen LogP contribution < -0.4 is 11.1 Å². The molecular formula is C12H24N2O. The van der Waals surface area contributed by atoms with Gasteiger partial charge in [0.15, 0.2) is 0 Å². The molecule has 0 bridgehead atoms. The van der Waals surface area contributed by atoms with Crippen LogP contribution in [0.5, 0.6) is 0 Å². The molecule has 1 amide bonds. The zero-order valence-corrected chi connectivity index (χ0v) is 10.3. The predicted octanol–water partition coefficient (Wildman–Crippen LogP) is 1.66. The van der Waals surface area contributed by atoms with E-state index in [0.29, 0.717) is 5.92 Å². The summed E-state index contributed by atoms with van der Waals surface area (Å²) in [5.74, 6) is 0.583. The molecule has 1 rings (SSSR count). The second-order valence-corrected chi connectivity index (χ2v) is 5.80. The lowest BCUT2D eigenvalue weighted by Crippen LogP contribution is -2.49. The standard InChI is InChI=1S/C12H24N2O/c1-8-9(6-5-7-10(8)13)11(15)14-12(2,3)4/h8-10H,5-7,13H2,1-4H3,(H,14,15). The summed E-state index contributed by atoms with van der Waals surface area (Å²) in [7, 11) is 0. The average molecular weight is 212 g/mol. The summed E-state index contributed by atoms with van der Waals surface area (Å²) < 4.78 is 0. The van der Waals surface area contributed by atoms with Gasteiger partial charge in [-0.25, -0.2) is 0 Å². The minimum absolute atomic E-state index is 0.105. The number of carbonyl (C=O) groups is 1. The van der Waals surface area contributed by atoms with Crippen molar-refractivity contribution in [3.63, 3.8) is 0 Å². The van der Waals surface area contributed by atoms with Crippen LogP contribution in [-0.2, 0) is 4.79 Å². The van der Waals surface area contributed by atoms with Crippen molar-refractivity contribution in [1.82, 2.24) is 5.32 Å². The minimum atomic E-state index is -0.141. The molecule has 3 unspecified atom stereocenters. The van der Waals surface area contributed by atoms with Gasteiger partial charge in [0.2, 0.25) is 5.91 Å². The normalized spacial score (nSPS) is 32.5. The Hall–Kier alpha value is -0.570. The Morgan fingerprint density at radius 3 is 2.47 bits per heavy atom. The highest BCUT2D eigenvalue weighted by Crippen LogP contribution is 2.29. The summed E-state index contributed by atoms with van der Waals surface area (Å²) in [6, 6.07) is 0.189. The topological polar surface area (TPSA) is 55.1 Å². The fraction of sp³-hybridized carbons (Fsp3) is 0.917. The Labute approximate surface area is 92.8 Å². The second kappa shape index (κ2) is 4.52. The molecule has 1 fully saturated rings. The highest BCUT2D eigenvalue weighted by atomic mass is 16.2. The molecule has 3 atom stereocenters. The fourth-order valence-corrected chi connectivity index (χ4v) is 2.23. The van der Waals surface area contributed by atoms with Crippen LogP contribution in [0.3, 0.4) is 0 Å². The van der Waals surface area contributed by atoms with Crippen molar-refractivity contribution in [1.29, 1.82) is 0 Å². The van der Waals surface area contributed by atoms with Crippen molar-refractivity contribution in [3.05, 3.63) is 0 Å². The molecule has 15 heavy (non-hydrogen) atoms. The molecule has 1 aliphatic carbocycles. The van der Waals surface area contributed by atoms with Gasteiger partial charge in [0.25, 0.3) is 0 Å². The third-order valence-electron chi connectivity index (χ3n) is 3.20. The van der Waals surface area contributed by atoms with E-state index in [2.05, 4.69) is 12.2 Å². The monoisotopic (exact) mass is 212 g/mol. The molecule has 0 aromatic carbocycles. The molecule has 0 aromatic rings. The quantitative estimate of drug-likeness (QED) is 0.694. The first kappa shape index (κ1) is 12.5. The molecule has 0 spiro atoms. The number of nitrogens with two attached hydrogens (primary N) is 1. The van der Waals surface area contributed by atoms with E-state index in [0.717, 1.165) is 19.3 Å². The number of hydrogen-bond acceptors (Lipinski definition) is 2. The van der Waals surface area contributed by atoms with E-state index < -0.39 is 0 Å². The van der Waals surface area contributed by atoms with Gasteiger partial charge < -0.3 is 11.1 Å². The van der Waals surface area contributed by atoms with Gasteiger partial charge in [-0.2, -0.15) is 0 Å². The Morgan fingerprint density at radius 1 is 1.33 bits per heavy atom. The molecule has 0 aliphatic heterocycles. The number of rotatable bonds is 1. The van der Waals surface area contributed by atoms with E-state index in [1.165, 1.54) is 0 Å². The summed E-state index contributed by atoms with van der Waals surface area (Å²) in [5, 5.41) is 3.05. The summed E-state index contributed by atoms with van der Waals surface area (Å²) in [5.41, 5.74) is 5.85. The summed E-state index contributed by atoms with van der Waals surface area (Å²) in [6.07, 6.45) is 3.12. The lowest BCUT2D eigenvalue weighted by Gasteiger charge is -2.34.